The maximum absolute atomic E-state index is 12.8. The molecular formula is C16H25N5O2. The first-order chi connectivity index (χ1) is 11.0. The third-order valence-corrected chi connectivity index (χ3v) is 3.63. The van der Waals surface area contributed by atoms with Crippen LogP contribution in [-0.4, -0.2) is 37.3 Å². The summed E-state index contributed by atoms with van der Waals surface area (Å²) in [6.07, 6.45) is 4.93. The number of carbonyl (C=O) groups is 1. The summed E-state index contributed by atoms with van der Waals surface area (Å²) in [5.74, 6) is 1.65. The molecule has 2 heterocycles. The van der Waals surface area contributed by atoms with Crippen molar-refractivity contribution in [3.05, 3.63) is 30.2 Å². The summed E-state index contributed by atoms with van der Waals surface area (Å²) in [5.41, 5.74) is 0. The third kappa shape index (κ3) is 4.40. The van der Waals surface area contributed by atoms with Gasteiger partial charge in [0.15, 0.2) is 5.82 Å². The average Bonchev–Trinajstić information content (AvgIpc) is 3.17. The van der Waals surface area contributed by atoms with Gasteiger partial charge in [-0.25, -0.2) is 0 Å². The number of nitrogens with zero attached hydrogens (tertiary/aromatic N) is 5. The minimum atomic E-state index is -0.299. The summed E-state index contributed by atoms with van der Waals surface area (Å²) in [5, 5.41) is 8.17. The molecule has 0 aliphatic heterocycles. The van der Waals surface area contributed by atoms with Crippen LogP contribution < -0.4 is 0 Å². The van der Waals surface area contributed by atoms with Crippen LogP contribution in [0.15, 0.2) is 23.0 Å². The quantitative estimate of drug-likeness (QED) is 0.747. The fourth-order valence-corrected chi connectivity index (χ4v) is 2.45. The second-order valence-electron chi connectivity index (χ2n) is 5.96. The van der Waals surface area contributed by atoms with E-state index in [2.05, 4.69) is 29.1 Å². The maximum atomic E-state index is 12.8. The Bertz CT molecular complexity index is 606. The van der Waals surface area contributed by atoms with Crippen molar-refractivity contribution in [3.8, 4) is 0 Å². The molecular weight excluding hydrogens is 294 g/mol. The average molecular weight is 319 g/mol. The maximum Gasteiger partial charge on any atom is 0.247 e. The molecule has 1 atom stereocenters. The number of aromatic nitrogens is 4. The standard InChI is InChI=1S/C16H25N5O2/c1-5-13(21-9-7-8-17-21)16(22)20(6-2)11-14-18-15(23-19-14)10-12(3)4/h7-9,12-13H,5-6,10-11H2,1-4H3. The van der Waals surface area contributed by atoms with Crippen LogP contribution >= 0.6 is 0 Å². The van der Waals surface area contributed by atoms with Crippen molar-refractivity contribution >= 4 is 5.91 Å². The zero-order valence-corrected chi connectivity index (χ0v) is 14.3. The molecule has 0 aromatic carbocycles. The number of rotatable bonds is 8. The topological polar surface area (TPSA) is 77.0 Å². The Morgan fingerprint density at radius 2 is 2.17 bits per heavy atom. The van der Waals surface area contributed by atoms with Gasteiger partial charge >= 0.3 is 0 Å². The van der Waals surface area contributed by atoms with E-state index in [1.54, 1.807) is 15.8 Å². The number of carbonyl (C=O) groups excluding carboxylic acids is 1. The van der Waals surface area contributed by atoms with Gasteiger partial charge in [-0.1, -0.05) is 25.9 Å². The van der Waals surface area contributed by atoms with E-state index in [-0.39, 0.29) is 11.9 Å². The Morgan fingerprint density at radius 3 is 2.74 bits per heavy atom. The van der Waals surface area contributed by atoms with E-state index in [1.165, 1.54) is 0 Å². The molecule has 0 aliphatic rings. The van der Waals surface area contributed by atoms with Crippen LogP contribution in [0.25, 0.3) is 0 Å². The van der Waals surface area contributed by atoms with Gasteiger partial charge in [-0.3, -0.25) is 9.48 Å². The van der Waals surface area contributed by atoms with Crippen LogP contribution in [0.3, 0.4) is 0 Å². The first-order valence-electron chi connectivity index (χ1n) is 8.14. The number of hydrogen-bond donors (Lipinski definition) is 0. The van der Waals surface area contributed by atoms with Gasteiger partial charge in [0.1, 0.15) is 6.04 Å². The molecule has 0 saturated heterocycles. The van der Waals surface area contributed by atoms with E-state index in [1.807, 2.05) is 26.1 Å². The van der Waals surface area contributed by atoms with Gasteiger partial charge in [-0.05, 0) is 25.3 Å². The summed E-state index contributed by atoms with van der Waals surface area (Å²) in [7, 11) is 0. The molecule has 1 amide bonds. The first-order valence-corrected chi connectivity index (χ1v) is 8.14. The van der Waals surface area contributed by atoms with Crippen molar-refractivity contribution in [3.63, 3.8) is 0 Å². The van der Waals surface area contributed by atoms with Gasteiger partial charge in [0, 0.05) is 25.4 Å². The molecule has 23 heavy (non-hydrogen) atoms. The minimum absolute atomic E-state index is 0.0221. The monoisotopic (exact) mass is 319 g/mol. The van der Waals surface area contributed by atoms with Gasteiger partial charge < -0.3 is 9.42 Å². The van der Waals surface area contributed by atoms with Gasteiger partial charge in [-0.2, -0.15) is 10.1 Å². The number of likely N-dealkylation sites (N-methyl/N-ethyl adjacent to an activating group) is 1. The molecule has 0 aliphatic carbocycles. The van der Waals surface area contributed by atoms with E-state index in [0.717, 1.165) is 6.42 Å². The molecule has 0 radical (unpaired) electrons. The fraction of sp³-hybridized carbons (Fsp3) is 0.625. The van der Waals surface area contributed by atoms with Crippen molar-refractivity contribution in [1.82, 2.24) is 24.8 Å². The zero-order chi connectivity index (χ0) is 16.8. The second kappa shape index (κ2) is 7.89. The second-order valence-corrected chi connectivity index (χ2v) is 5.96. The Hall–Kier alpha value is -2.18. The molecule has 0 bridgehead atoms. The predicted octanol–water partition coefficient (Wildman–Crippen LogP) is 2.46. The normalized spacial score (nSPS) is 12.6. The highest BCUT2D eigenvalue weighted by molar-refractivity contribution is 5.80. The van der Waals surface area contributed by atoms with Crippen molar-refractivity contribution in [2.75, 3.05) is 6.54 Å². The third-order valence-electron chi connectivity index (χ3n) is 3.63. The summed E-state index contributed by atoms with van der Waals surface area (Å²) in [4.78, 5) is 18.9. The van der Waals surface area contributed by atoms with E-state index >= 15 is 0 Å². The molecule has 2 rings (SSSR count). The summed E-state index contributed by atoms with van der Waals surface area (Å²) in [6, 6.07) is 1.52. The molecule has 0 N–H and O–H groups in total. The number of hydrogen-bond acceptors (Lipinski definition) is 5. The molecule has 2 aromatic heterocycles. The van der Waals surface area contributed by atoms with Crippen LogP contribution in [0.1, 0.15) is 51.9 Å². The Kier molecular flexibility index (Phi) is 5.90. The van der Waals surface area contributed by atoms with Crippen LogP contribution in [-0.2, 0) is 17.8 Å². The van der Waals surface area contributed by atoms with Crippen LogP contribution in [0.4, 0.5) is 0 Å². The lowest BCUT2D eigenvalue weighted by Crippen LogP contribution is -2.37. The molecule has 0 spiro atoms. The molecule has 7 heteroatoms. The van der Waals surface area contributed by atoms with Crippen molar-refractivity contribution in [2.45, 2.75) is 53.1 Å². The molecule has 0 fully saturated rings. The lowest BCUT2D eigenvalue weighted by atomic mass is 10.1. The smallest absolute Gasteiger partial charge is 0.247 e. The van der Waals surface area contributed by atoms with E-state index < -0.39 is 0 Å². The lowest BCUT2D eigenvalue weighted by molar-refractivity contribution is -0.135. The van der Waals surface area contributed by atoms with Gasteiger partial charge in [-0.15, -0.1) is 0 Å². The van der Waals surface area contributed by atoms with Crippen LogP contribution in [0.5, 0.6) is 0 Å². The van der Waals surface area contributed by atoms with E-state index in [9.17, 15) is 4.79 Å². The SMILES string of the molecule is CCC(C(=O)N(CC)Cc1noc(CC(C)C)n1)n1cccn1. The lowest BCUT2D eigenvalue weighted by Gasteiger charge is -2.24. The van der Waals surface area contributed by atoms with Crippen LogP contribution in [0, 0.1) is 5.92 Å². The highest BCUT2D eigenvalue weighted by atomic mass is 16.5. The minimum Gasteiger partial charge on any atom is -0.339 e. The number of amides is 1. The molecule has 7 nitrogen and oxygen atoms in total. The summed E-state index contributed by atoms with van der Waals surface area (Å²) in [6.45, 7) is 9.07. The molecule has 126 valence electrons. The summed E-state index contributed by atoms with van der Waals surface area (Å²) < 4.78 is 6.94. The van der Waals surface area contributed by atoms with Crippen molar-refractivity contribution in [1.29, 1.82) is 0 Å². The van der Waals surface area contributed by atoms with Gasteiger partial charge in [0.05, 0.1) is 6.54 Å². The molecule has 2 aromatic rings. The zero-order valence-electron chi connectivity index (χ0n) is 14.3. The summed E-state index contributed by atoms with van der Waals surface area (Å²) >= 11 is 0. The van der Waals surface area contributed by atoms with Crippen molar-refractivity contribution in [2.24, 2.45) is 5.92 Å². The Labute approximate surface area is 136 Å². The molecule has 1 unspecified atom stereocenters. The highest BCUT2D eigenvalue weighted by Gasteiger charge is 2.25. The highest BCUT2D eigenvalue weighted by Crippen LogP contribution is 2.15. The first kappa shape index (κ1) is 17.2. The van der Waals surface area contributed by atoms with Crippen LogP contribution in [0.2, 0.25) is 0 Å². The van der Waals surface area contributed by atoms with E-state index in [0.29, 0.717) is 37.1 Å². The largest absolute Gasteiger partial charge is 0.339 e. The fourth-order valence-electron chi connectivity index (χ4n) is 2.45. The Balaban J connectivity index is 2.06. The van der Waals surface area contributed by atoms with Crippen molar-refractivity contribution < 1.29 is 9.32 Å². The Morgan fingerprint density at radius 1 is 1.39 bits per heavy atom. The van der Waals surface area contributed by atoms with E-state index in [4.69, 9.17) is 4.52 Å². The predicted molar refractivity (Wildman–Crippen MR) is 85.5 cm³/mol. The van der Waals surface area contributed by atoms with Gasteiger partial charge in [0.2, 0.25) is 11.8 Å². The van der Waals surface area contributed by atoms with Gasteiger partial charge in [0.25, 0.3) is 0 Å². The molecule has 0 saturated carbocycles.